The highest BCUT2D eigenvalue weighted by Gasteiger charge is 2.35. The van der Waals surface area contributed by atoms with Crippen LogP contribution in [-0.2, 0) is 14.3 Å². The van der Waals surface area contributed by atoms with Gasteiger partial charge in [-0.25, -0.2) is 0 Å². The topological polar surface area (TPSA) is 72.5 Å². The Morgan fingerprint density at radius 2 is 2.00 bits per heavy atom. The third-order valence-corrected chi connectivity index (χ3v) is 3.17. The molecule has 0 bridgehead atoms. The van der Waals surface area contributed by atoms with Crippen molar-refractivity contribution >= 4 is 17.7 Å². The first kappa shape index (κ1) is 13.3. The maximum atomic E-state index is 11.7. The van der Waals surface area contributed by atoms with Crippen LogP contribution in [0.1, 0.15) is 23.7 Å². The molecule has 2 rings (SSSR count). The highest BCUT2D eigenvalue weighted by Crippen LogP contribution is 2.16. The Labute approximate surface area is 110 Å². The van der Waals surface area contributed by atoms with E-state index < -0.39 is 11.9 Å². The number of β-lactam (4-membered cyclic amide) rings is 1. The fourth-order valence-electron chi connectivity index (χ4n) is 1.83. The summed E-state index contributed by atoms with van der Waals surface area (Å²) in [7, 11) is 0. The van der Waals surface area contributed by atoms with E-state index in [0.29, 0.717) is 12.0 Å². The maximum Gasteiger partial charge on any atom is 0.311 e. The molecule has 1 aromatic carbocycles. The summed E-state index contributed by atoms with van der Waals surface area (Å²) in [5.41, 5.74) is 0.514. The molecule has 100 valence electrons. The Bertz CT molecular complexity index is 489. The van der Waals surface area contributed by atoms with Gasteiger partial charge in [-0.2, -0.15) is 0 Å². The van der Waals surface area contributed by atoms with Crippen molar-refractivity contribution in [2.45, 2.75) is 19.4 Å². The summed E-state index contributed by atoms with van der Waals surface area (Å²) in [6.45, 7) is 1.41. The zero-order valence-corrected chi connectivity index (χ0v) is 10.6. The zero-order valence-electron chi connectivity index (χ0n) is 10.6. The van der Waals surface area contributed by atoms with E-state index in [0.717, 1.165) is 0 Å². The van der Waals surface area contributed by atoms with Crippen LogP contribution in [0.15, 0.2) is 30.3 Å². The van der Waals surface area contributed by atoms with Crippen molar-refractivity contribution in [3.8, 4) is 0 Å². The number of nitrogens with one attached hydrogen (secondary N) is 1. The van der Waals surface area contributed by atoms with E-state index in [9.17, 15) is 14.4 Å². The molecule has 0 aromatic heterocycles. The van der Waals surface area contributed by atoms with Crippen molar-refractivity contribution in [2.24, 2.45) is 5.92 Å². The lowest BCUT2D eigenvalue weighted by atomic mass is 9.93. The van der Waals surface area contributed by atoms with E-state index in [1.165, 1.54) is 0 Å². The molecule has 1 saturated heterocycles. The molecule has 1 aromatic rings. The van der Waals surface area contributed by atoms with Gasteiger partial charge in [0.2, 0.25) is 5.91 Å². The number of carbonyl (C=O) groups is 3. The number of hydrogen-bond donors (Lipinski definition) is 1. The molecule has 1 heterocycles. The monoisotopic (exact) mass is 261 g/mol. The average molecular weight is 261 g/mol. The van der Waals surface area contributed by atoms with Crippen LogP contribution in [0, 0.1) is 5.92 Å². The minimum Gasteiger partial charge on any atom is -0.457 e. The van der Waals surface area contributed by atoms with Crippen molar-refractivity contribution < 1.29 is 19.1 Å². The van der Waals surface area contributed by atoms with Crippen LogP contribution in [0.4, 0.5) is 0 Å². The number of amides is 1. The van der Waals surface area contributed by atoms with E-state index in [1.54, 1.807) is 31.2 Å². The number of Topliss-reactive ketones (excluding diaryl/α,β-unsaturated/α-hetero) is 1. The fourth-order valence-corrected chi connectivity index (χ4v) is 1.83. The third kappa shape index (κ3) is 3.19. The molecule has 0 aliphatic carbocycles. The predicted molar refractivity (Wildman–Crippen MR) is 67.4 cm³/mol. The van der Waals surface area contributed by atoms with Crippen LogP contribution >= 0.6 is 0 Å². The van der Waals surface area contributed by atoms with Gasteiger partial charge in [0.25, 0.3) is 0 Å². The van der Waals surface area contributed by atoms with Crippen LogP contribution in [-0.4, -0.2) is 30.3 Å². The van der Waals surface area contributed by atoms with Crippen molar-refractivity contribution in [3.05, 3.63) is 35.9 Å². The van der Waals surface area contributed by atoms with Crippen molar-refractivity contribution in [1.29, 1.82) is 0 Å². The van der Waals surface area contributed by atoms with Gasteiger partial charge in [-0.15, -0.1) is 0 Å². The van der Waals surface area contributed by atoms with Crippen molar-refractivity contribution in [2.75, 3.05) is 6.61 Å². The van der Waals surface area contributed by atoms with Gasteiger partial charge in [0.1, 0.15) is 0 Å². The van der Waals surface area contributed by atoms with Crippen molar-refractivity contribution in [3.63, 3.8) is 0 Å². The van der Waals surface area contributed by atoms with Gasteiger partial charge < -0.3 is 10.1 Å². The van der Waals surface area contributed by atoms with Gasteiger partial charge in [-0.1, -0.05) is 30.3 Å². The summed E-state index contributed by atoms with van der Waals surface area (Å²) >= 11 is 0. The van der Waals surface area contributed by atoms with Gasteiger partial charge in [0.05, 0.1) is 12.0 Å². The van der Waals surface area contributed by atoms with Crippen LogP contribution in [0.3, 0.4) is 0 Å². The molecule has 1 aliphatic rings. The Morgan fingerprint density at radius 3 is 2.58 bits per heavy atom. The second-order valence-corrected chi connectivity index (χ2v) is 4.56. The first-order valence-corrected chi connectivity index (χ1v) is 6.12. The summed E-state index contributed by atoms with van der Waals surface area (Å²) in [5.74, 6) is -1.20. The minimum atomic E-state index is -0.464. The number of hydrogen-bond acceptors (Lipinski definition) is 4. The summed E-state index contributed by atoms with van der Waals surface area (Å²) in [6.07, 6.45) is 0.336. The van der Waals surface area contributed by atoms with E-state index in [4.69, 9.17) is 4.74 Å². The largest absolute Gasteiger partial charge is 0.457 e. The summed E-state index contributed by atoms with van der Waals surface area (Å²) in [6, 6.07) is 8.48. The number of rotatable bonds is 5. The molecule has 0 spiro atoms. The first-order chi connectivity index (χ1) is 9.08. The normalized spacial score (nSPS) is 19.0. The Hall–Kier alpha value is -2.17. The molecule has 19 heavy (non-hydrogen) atoms. The van der Waals surface area contributed by atoms with Gasteiger partial charge >= 0.3 is 5.97 Å². The number of carbonyl (C=O) groups excluding carboxylic acids is 3. The number of ether oxygens (including phenoxy) is 1. The average Bonchev–Trinajstić information content (AvgIpc) is 2.41. The molecule has 1 aliphatic heterocycles. The Balaban J connectivity index is 1.80. The molecule has 2 unspecified atom stereocenters. The van der Waals surface area contributed by atoms with E-state index >= 15 is 0 Å². The summed E-state index contributed by atoms with van der Waals surface area (Å²) < 4.78 is 4.97. The number of benzene rings is 1. The van der Waals surface area contributed by atoms with Gasteiger partial charge in [-0.05, 0) is 6.92 Å². The summed E-state index contributed by atoms with van der Waals surface area (Å²) in [5, 5.41) is 2.62. The fraction of sp³-hybridized carbons (Fsp3) is 0.357. The van der Waals surface area contributed by atoms with Crippen molar-refractivity contribution in [1.82, 2.24) is 5.32 Å². The van der Waals surface area contributed by atoms with Gasteiger partial charge in [0, 0.05) is 12.0 Å². The Kier molecular flexibility index (Phi) is 3.94. The lowest BCUT2D eigenvalue weighted by molar-refractivity contribution is -0.149. The van der Waals surface area contributed by atoms with E-state index in [-0.39, 0.29) is 24.3 Å². The first-order valence-electron chi connectivity index (χ1n) is 6.12. The molecule has 1 N–H and O–H groups in total. The second kappa shape index (κ2) is 5.65. The Morgan fingerprint density at radius 1 is 1.37 bits per heavy atom. The zero-order chi connectivity index (χ0) is 13.8. The number of ketones is 1. The SMILES string of the molecule is CC(C(=O)OCC(=O)c1ccccc1)C1CC(=O)N1. The van der Waals surface area contributed by atoms with Gasteiger partial charge in [-0.3, -0.25) is 14.4 Å². The third-order valence-electron chi connectivity index (χ3n) is 3.17. The smallest absolute Gasteiger partial charge is 0.311 e. The molecule has 2 atom stereocenters. The molecule has 0 saturated carbocycles. The highest BCUT2D eigenvalue weighted by molar-refractivity contribution is 5.98. The van der Waals surface area contributed by atoms with Gasteiger partial charge in [0.15, 0.2) is 12.4 Å². The van der Waals surface area contributed by atoms with Crippen LogP contribution in [0.2, 0.25) is 0 Å². The molecule has 1 amide bonds. The van der Waals surface area contributed by atoms with E-state index in [1.807, 2.05) is 6.07 Å². The molecular weight excluding hydrogens is 246 g/mol. The molecule has 1 fully saturated rings. The number of esters is 1. The quantitative estimate of drug-likeness (QED) is 0.486. The second-order valence-electron chi connectivity index (χ2n) is 4.56. The standard InChI is InChI=1S/C14H15NO4/c1-9(11-7-13(17)15-11)14(18)19-8-12(16)10-5-3-2-4-6-10/h2-6,9,11H,7-8H2,1H3,(H,15,17). The molecule has 5 nitrogen and oxygen atoms in total. The summed E-state index contributed by atoms with van der Waals surface area (Å²) in [4.78, 5) is 34.2. The predicted octanol–water partition coefficient (Wildman–Crippen LogP) is 0.937. The van der Waals surface area contributed by atoms with Crippen LogP contribution in [0.25, 0.3) is 0 Å². The lowest BCUT2D eigenvalue weighted by Gasteiger charge is -2.30. The highest BCUT2D eigenvalue weighted by atomic mass is 16.5. The lowest BCUT2D eigenvalue weighted by Crippen LogP contribution is -2.54. The minimum absolute atomic E-state index is 0.0648. The molecular formula is C14H15NO4. The molecule has 5 heteroatoms. The van der Waals surface area contributed by atoms with Crippen LogP contribution in [0.5, 0.6) is 0 Å². The van der Waals surface area contributed by atoms with Crippen LogP contribution < -0.4 is 5.32 Å². The maximum absolute atomic E-state index is 11.7. The van der Waals surface area contributed by atoms with E-state index in [2.05, 4.69) is 5.32 Å². The molecule has 0 radical (unpaired) electrons.